The fourth-order valence-electron chi connectivity index (χ4n) is 2.70. The smallest absolute Gasteiger partial charge is 0.225 e. The van der Waals surface area contributed by atoms with Gasteiger partial charge in [-0.25, -0.2) is 4.98 Å². The van der Waals surface area contributed by atoms with Gasteiger partial charge in [-0.1, -0.05) is 6.42 Å². The third-order valence-corrected chi connectivity index (χ3v) is 3.79. The number of aliphatic hydroxyl groups is 1. The molecule has 0 amide bonds. The molecular weight excluding hydrogens is 268 g/mol. The van der Waals surface area contributed by atoms with E-state index >= 15 is 0 Å². The Morgan fingerprint density at radius 3 is 3.19 bits per heavy atom. The summed E-state index contributed by atoms with van der Waals surface area (Å²) in [6.07, 6.45) is 6.30. The van der Waals surface area contributed by atoms with E-state index in [4.69, 9.17) is 4.74 Å². The number of anilines is 1. The van der Waals surface area contributed by atoms with Gasteiger partial charge in [0.05, 0.1) is 13.2 Å². The van der Waals surface area contributed by atoms with Crippen molar-refractivity contribution in [3.8, 4) is 5.88 Å². The van der Waals surface area contributed by atoms with E-state index in [0.29, 0.717) is 24.5 Å². The molecule has 0 aliphatic carbocycles. The van der Waals surface area contributed by atoms with Crippen LogP contribution in [0.25, 0.3) is 0 Å². The summed E-state index contributed by atoms with van der Waals surface area (Å²) >= 11 is 0. The van der Waals surface area contributed by atoms with Crippen molar-refractivity contribution in [1.29, 1.82) is 0 Å². The highest BCUT2D eigenvalue weighted by Crippen LogP contribution is 2.16. The average Bonchev–Trinajstić information content (AvgIpc) is 2.53. The van der Waals surface area contributed by atoms with Crippen molar-refractivity contribution in [3.05, 3.63) is 12.3 Å². The highest BCUT2D eigenvalue weighted by Gasteiger charge is 2.20. The Labute approximate surface area is 126 Å². The van der Waals surface area contributed by atoms with Gasteiger partial charge in [0.1, 0.15) is 0 Å². The minimum atomic E-state index is 0.271. The number of rotatable bonds is 8. The number of aliphatic hydroxyl groups excluding tert-OH is 1. The lowest BCUT2D eigenvalue weighted by atomic mass is 10.0. The zero-order valence-corrected chi connectivity index (χ0v) is 12.8. The molecule has 0 aromatic carbocycles. The van der Waals surface area contributed by atoms with Crippen LogP contribution in [-0.4, -0.2) is 58.9 Å². The maximum absolute atomic E-state index is 9.39. The molecule has 21 heavy (non-hydrogen) atoms. The first kappa shape index (κ1) is 16.0. The average molecular weight is 294 g/mol. The zero-order chi connectivity index (χ0) is 14.9. The maximum Gasteiger partial charge on any atom is 0.225 e. The van der Waals surface area contributed by atoms with Gasteiger partial charge in [0.25, 0.3) is 0 Å². The van der Waals surface area contributed by atoms with E-state index in [1.807, 2.05) is 6.92 Å². The van der Waals surface area contributed by atoms with Crippen LogP contribution < -0.4 is 10.1 Å². The van der Waals surface area contributed by atoms with Gasteiger partial charge in [-0.2, -0.15) is 4.98 Å². The van der Waals surface area contributed by atoms with E-state index in [1.54, 1.807) is 12.3 Å². The van der Waals surface area contributed by atoms with Crippen molar-refractivity contribution in [2.24, 2.45) is 0 Å². The van der Waals surface area contributed by atoms with E-state index in [-0.39, 0.29) is 6.61 Å². The molecule has 0 bridgehead atoms. The topological polar surface area (TPSA) is 70.5 Å². The van der Waals surface area contributed by atoms with Crippen LogP contribution in [-0.2, 0) is 0 Å². The van der Waals surface area contributed by atoms with Crippen LogP contribution in [0.15, 0.2) is 12.3 Å². The summed E-state index contributed by atoms with van der Waals surface area (Å²) in [4.78, 5) is 10.9. The summed E-state index contributed by atoms with van der Waals surface area (Å²) in [5.41, 5.74) is 0. The molecule has 1 saturated heterocycles. The predicted molar refractivity (Wildman–Crippen MR) is 82.6 cm³/mol. The molecule has 1 fully saturated rings. The van der Waals surface area contributed by atoms with Crippen molar-refractivity contribution in [1.82, 2.24) is 14.9 Å². The first-order valence-electron chi connectivity index (χ1n) is 7.88. The molecule has 1 atom stereocenters. The molecule has 1 unspecified atom stereocenters. The summed E-state index contributed by atoms with van der Waals surface area (Å²) in [5.74, 6) is 1.21. The summed E-state index contributed by atoms with van der Waals surface area (Å²) < 4.78 is 5.35. The van der Waals surface area contributed by atoms with Gasteiger partial charge in [-0.15, -0.1) is 0 Å². The molecule has 0 radical (unpaired) electrons. The van der Waals surface area contributed by atoms with Gasteiger partial charge < -0.3 is 15.2 Å². The quantitative estimate of drug-likeness (QED) is 0.709. The van der Waals surface area contributed by atoms with Crippen LogP contribution in [0.4, 0.5) is 5.95 Å². The Balaban J connectivity index is 1.70. The van der Waals surface area contributed by atoms with E-state index in [0.717, 1.165) is 32.5 Å². The number of nitrogens with one attached hydrogen (secondary N) is 1. The second-order valence-electron chi connectivity index (χ2n) is 5.30. The molecule has 0 saturated carbocycles. The lowest BCUT2D eigenvalue weighted by Crippen LogP contribution is -2.42. The van der Waals surface area contributed by atoms with Crippen LogP contribution in [0.1, 0.15) is 32.6 Å². The number of ether oxygens (including phenoxy) is 1. The van der Waals surface area contributed by atoms with Crippen molar-refractivity contribution in [2.75, 3.05) is 38.2 Å². The Kier molecular flexibility index (Phi) is 6.69. The van der Waals surface area contributed by atoms with Gasteiger partial charge in [0, 0.05) is 31.4 Å². The fraction of sp³-hybridized carbons (Fsp3) is 0.733. The van der Waals surface area contributed by atoms with Crippen molar-refractivity contribution in [3.63, 3.8) is 0 Å². The second-order valence-corrected chi connectivity index (χ2v) is 5.30. The van der Waals surface area contributed by atoms with Crippen molar-refractivity contribution in [2.45, 2.75) is 38.6 Å². The Bertz CT molecular complexity index is 416. The van der Waals surface area contributed by atoms with Gasteiger partial charge in [0.2, 0.25) is 11.8 Å². The van der Waals surface area contributed by atoms with Crippen LogP contribution in [0.3, 0.4) is 0 Å². The highest BCUT2D eigenvalue weighted by atomic mass is 16.5. The van der Waals surface area contributed by atoms with Crippen molar-refractivity contribution >= 4 is 5.95 Å². The largest absolute Gasteiger partial charge is 0.478 e. The lowest BCUT2D eigenvalue weighted by molar-refractivity contribution is 0.0901. The normalized spacial score (nSPS) is 19.4. The summed E-state index contributed by atoms with van der Waals surface area (Å²) in [7, 11) is 0. The molecular formula is C15H26N4O2. The third kappa shape index (κ3) is 5.13. The predicted octanol–water partition coefficient (Wildman–Crippen LogP) is 1.52. The van der Waals surface area contributed by atoms with E-state index in [9.17, 15) is 5.11 Å². The molecule has 1 aliphatic rings. The zero-order valence-electron chi connectivity index (χ0n) is 12.8. The van der Waals surface area contributed by atoms with Gasteiger partial charge >= 0.3 is 0 Å². The van der Waals surface area contributed by atoms with Gasteiger partial charge in [-0.3, -0.25) is 4.90 Å². The molecule has 2 heterocycles. The Hall–Kier alpha value is -1.40. The van der Waals surface area contributed by atoms with E-state index < -0.39 is 0 Å². The molecule has 6 heteroatoms. The minimum absolute atomic E-state index is 0.271. The fourth-order valence-corrected chi connectivity index (χ4v) is 2.70. The van der Waals surface area contributed by atoms with E-state index in [1.165, 1.54) is 12.8 Å². The highest BCUT2D eigenvalue weighted by molar-refractivity contribution is 5.27. The van der Waals surface area contributed by atoms with Crippen LogP contribution in [0.5, 0.6) is 5.88 Å². The number of hydrogen-bond donors (Lipinski definition) is 2. The number of nitrogens with zero attached hydrogens (tertiary/aromatic N) is 3. The molecule has 118 valence electrons. The Morgan fingerprint density at radius 2 is 2.38 bits per heavy atom. The first-order valence-corrected chi connectivity index (χ1v) is 7.88. The molecule has 6 nitrogen and oxygen atoms in total. The number of hydrogen-bond acceptors (Lipinski definition) is 6. The minimum Gasteiger partial charge on any atom is -0.478 e. The SMILES string of the molecule is CCOc1ccnc(NCCCN2CCCCC2CO)n1. The van der Waals surface area contributed by atoms with Gasteiger partial charge in [-0.05, 0) is 32.7 Å². The van der Waals surface area contributed by atoms with Gasteiger partial charge in [0.15, 0.2) is 0 Å². The number of likely N-dealkylation sites (tertiary alicyclic amines) is 1. The lowest BCUT2D eigenvalue weighted by Gasteiger charge is -2.34. The molecule has 1 aliphatic heterocycles. The standard InChI is InChI=1S/C15H26N4O2/c1-2-21-14-7-9-17-15(18-14)16-8-5-11-19-10-4-3-6-13(19)12-20/h7,9,13,20H,2-6,8,10-12H2,1H3,(H,16,17,18). The van der Waals surface area contributed by atoms with Crippen LogP contribution >= 0.6 is 0 Å². The van der Waals surface area contributed by atoms with Crippen LogP contribution in [0, 0.1) is 0 Å². The molecule has 1 aromatic rings. The van der Waals surface area contributed by atoms with Crippen LogP contribution in [0.2, 0.25) is 0 Å². The number of aromatic nitrogens is 2. The summed E-state index contributed by atoms with van der Waals surface area (Å²) in [6, 6.07) is 2.10. The number of piperidine rings is 1. The molecule has 2 N–H and O–H groups in total. The first-order chi connectivity index (χ1) is 10.3. The second kappa shape index (κ2) is 8.79. The molecule has 2 rings (SSSR count). The monoisotopic (exact) mass is 294 g/mol. The maximum atomic E-state index is 9.39. The summed E-state index contributed by atoms with van der Waals surface area (Å²) in [5, 5.41) is 12.6. The molecule has 1 aromatic heterocycles. The van der Waals surface area contributed by atoms with E-state index in [2.05, 4.69) is 20.2 Å². The Morgan fingerprint density at radius 1 is 1.48 bits per heavy atom. The van der Waals surface area contributed by atoms with Crippen molar-refractivity contribution < 1.29 is 9.84 Å². The summed E-state index contributed by atoms with van der Waals surface area (Å²) in [6.45, 7) is 5.74. The molecule has 0 spiro atoms. The third-order valence-electron chi connectivity index (χ3n) is 3.79.